The summed E-state index contributed by atoms with van der Waals surface area (Å²) < 4.78 is 62.6. The zero-order chi connectivity index (χ0) is 11.7. The molecule has 1 aliphatic carbocycles. The van der Waals surface area contributed by atoms with Crippen LogP contribution in [0.25, 0.3) is 0 Å². The molecule has 15 heavy (non-hydrogen) atoms. The van der Waals surface area contributed by atoms with Crippen LogP contribution >= 0.6 is 0 Å². The number of hydrogen-bond donors (Lipinski definition) is 3. The molecule has 0 aliphatic heterocycles. The van der Waals surface area contributed by atoms with Crippen LogP contribution in [0.15, 0.2) is 0 Å². The minimum absolute atomic E-state index is 0.0361. The summed E-state index contributed by atoms with van der Waals surface area (Å²) in [6, 6.07) is 0. The van der Waals surface area contributed by atoms with Gasteiger partial charge in [-0.15, -0.1) is 0 Å². The lowest BCUT2D eigenvalue weighted by molar-refractivity contribution is 0.314. The van der Waals surface area contributed by atoms with Crippen LogP contribution < -0.4 is 4.72 Å². The fraction of sp³-hybridized carbons (Fsp3) is 1.00. The van der Waals surface area contributed by atoms with Crippen LogP contribution in [-0.2, 0) is 20.4 Å². The second kappa shape index (κ2) is 3.98. The largest absolute Gasteiger partial charge is 0.334 e. The Hall–Kier alpha value is -0.220. The van der Waals surface area contributed by atoms with E-state index in [4.69, 9.17) is 9.11 Å². The molecule has 9 heteroatoms. The van der Waals surface area contributed by atoms with E-state index in [1.807, 2.05) is 0 Å². The SMILES string of the molecule is O=S(=O)(O)NC1(S(=O)(=O)O)CCCCC1. The van der Waals surface area contributed by atoms with Gasteiger partial charge < -0.3 is 0 Å². The number of hydrogen-bond acceptors (Lipinski definition) is 4. The average Bonchev–Trinajstić information content (AvgIpc) is 2.00. The van der Waals surface area contributed by atoms with Gasteiger partial charge in [-0.2, -0.15) is 21.6 Å². The molecule has 0 aromatic heterocycles. The standard InChI is InChI=1S/C6H13NO6S2/c8-14(9,10)6(7-15(11,12)13)4-2-1-3-5-6/h7H,1-5H2,(H,8,9,10)(H,11,12,13). The summed E-state index contributed by atoms with van der Waals surface area (Å²) in [5.74, 6) is 0. The first kappa shape index (κ1) is 12.8. The lowest BCUT2D eigenvalue weighted by Crippen LogP contribution is -2.54. The molecular weight excluding hydrogens is 246 g/mol. The van der Waals surface area contributed by atoms with E-state index in [9.17, 15) is 16.8 Å². The summed E-state index contributed by atoms with van der Waals surface area (Å²) >= 11 is 0. The van der Waals surface area contributed by atoms with Crippen molar-refractivity contribution in [3.05, 3.63) is 0 Å². The molecule has 3 N–H and O–H groups in total. The second-order valence-corrected chi connectivity index (χ2v) is 6.49. The lowest BCUT2D eigenvalue weighted by atomic mass is 9.96. The minimum atomic E-state index is -4.65. The molecule has 0 atom stereocenters. The topological polar surface area (TPSA) is 121 Å². The van der Waals surface area contributed by atoms with Crippen LogP contribution in [0.5, 0.6) is 0 Å². The first-order chi connectivity index (χ1) is 6.66. The van der Waals surface area contributed by atoms with Gasteiger partial charge in [-0.05, 0) is 12.8 Å². The van der Waals surface area contributed by atoms with Crippen molar-refractivity contribution in [2.75, 3.05) is 0 Å². The summed E-state index contributed by atoms with van der Waals surface area (Å²) in [7, 11) is -9.23. The summed E-state index contributed by atoms with van der Waals surface area (Å²) in [4.78, 5) is -1.96. The molecule has 1 saturated carbocycles. The first-order valence-electron chi connectivity index (χ1n) is 4.40. The monoisotopic (exact) mass is 259 g/mol. The molecule has 0 radical (unpaired) electrons. The molecule has 0 spiro atoms. The smallest absolute Gasteiger partial charge is 0.284 e. The Bertz CT molecular complexity index is 419. The Morgan fingerprint density at radius 1 is 0.933 bits per heavy atom. The van der Waals surface area contributed by atoms with E-state index < -0.39 is 25.3 Å². The highest BCUT2D eigenvalue weighted by Crippen LogP contribution is 2.32. The predicted octanol–water partition coefficient (Wildman–Crippen LogP) is -0.0730. The minimum Gasteiger partial charge on any atom is -0.284 e. The normalized spacial score (nSPS) is 22.5. The van der Waals surface area contributed by atoms with Gasteiger partial charge in [-0.3, -0.25) is 9.11 Å². The van der Waals surface area contributed by atoms with Gasteiger partial charge in [0.15, 0.2) is 4.87 Å². The molecule has 0 amide bonds. The summed E-state index contributed by atoms with van der Waals surface area (Å²) in [5, 5.41) is 0. The van der Waals surface area contributed by atoms with Gasteiger partial charge in [0.1, 0.15) is 0 Å². The number of rotatable bonds is 3. The quantitative estimate of drug-likeness (QED) is 0.610. The third-order valence-electron chi connectivity index (χ3n) is 2.47. The van der Waals surface area contributed by atoms with Gasteiger partial charge in [-0.1, -0.05) is 19.3 Å². The van der Waals surface area contributed by atoms with Crippen molar-refractivity contribution >= 4 is 20.4 Å². The predicted molar refractivity (Wildman–Crippen MR) is 52.0 cm³/mol. The summed E-state index contributed by atoms with van der Waals surface area (Å²) in [6.07, 6.45) is 1.65. The van der Waals surface area contributed by atoms with Gasteiger partial charge >= 0.3 is 10.3 Å². The van der Waals surface area contributed by atoms with Crippen LogP contribution in [0.4, 0.5) is 0 Å². The highest BCUT2D eigenvalue weighted by Gasteiger charge is 2.46. The van der Waals surface area contributed by atoms with E-state index in [1.54, 1.807) is 4.72 Å². The van der Waals surface area contributed by atoms with Gasteiger partial charge in [0.2, 0.25) is 0 Å². The Balaban J connectivity index is 3.07. The van der Waals surface area contributed by atoms with E-state index in [0.29, 0.717) is 12.8 Å². The van der Waals surface area contributed by atoms with E-state index in [-0.39, 0.29) is 12.8 Å². The fourth-order valence-electron chi connectivity index (χ4n) is 1.77. The van der Waals surface area contributed by atoms with Gasteiger partial charge in [-0.25, -0.2) is 0 Å². The molecule has 1 aliphatic rings. The van der Waals surface area contributed by atoms with E-state index in [0.717, 1.165) is 6.42 Å². The van der Waals surface area contributed by atoms with Crippen LogP contribution in [0.1, 0.15) is 32.1 Å². The lowest BCUT2D eigenvalue weighted by Gasteiger charge is -2.33. The average molecular weight is 259 g/mol. The van der Waals surface area contributed by atoms with Crippen molar-refractivity contribution in [1.29, 1.82) is 0 Å². The molecule has 7 nitrogen and oxygen atoms in total. The van der Waals surface area contributed by atoms with Gasteiger partial charge in [0, 0.05) is 0 Å². The zero-order valence-electron chi connectivity index (χ0n) is 7.88. The molecule has 0 bridgehead atoms. The van der Waals surface area contributed by atoms with Crippen molar-refractivity contribution in [3.8, 4) is 0 Å². The van der Waals surface area contributed by atoms with Crippen molar-refractivity contribution in [2.45, 2.75) is 37.0 Å². The third kappa shape index (κ3) is 3.11. The van der Waals surface area contributed by atoms with Gasteiger partial charge in [0.05, 0.1) is 0 Å². The maximum atomic E-state index is 11.1. The molecule has 1 fully saturated rings. The van der Waals surface area contributed by atoms with Crippen molar-refractivity contribution in [3.63, 3.8) is 0 Å². The van der Waals surface area contributed by atoms with Crippen LogP contribution in [0.3, 0.4) is 0 Å². The van der Waals surface area contributed by atoms with Crippen LogP contribution in [0.2, 0.25) is 0 Å². The Morgan fingerprint density at radius 3 is 1.73 bits per heavy atom. The van der Waals surface area contributed by atoms with E-state index >= 15 is 0 Å². The molecular formula is C6H13NO6S2. The summed E-state index contributed by atoms with van der Waals surface area (Å²) in [5.41, 5.74) is 0. The van der Waals surface area contributed by atoms with Crippen molar-refractivity contribution in [1.82, 2.24) is 4.72 Å². The fourth-order valence-corrected chi connectivity index (χ4v) is 3.99. The van der Waals surface area contributed by atoms with Crippen LogP contribution in [-0.4, -0.2) is 30.8 Å². The first-order valence-corrected chi connectivity index (χ1v) is 7.28. The number of nitrogens with one attached hydrogen (secondary N) is 1. The highest BCUT2D eigenvalue weighted by molar-refractivity contribution is 7.89. The molecule has 0 heterocycles. The molecule has 90 valence electrons. The maximum Gasteiger partial charge on any atom is 0.334 e. The van der Waals surface area contributed by atoms with Gasteiger partial charge in [0.25, 0.3) is 10.1 Å². The van der Waals surface area contributed by atoms with E-state index in [2.05, 4.69) is 0 Å². The zero-order valence-corrected chi connectivity index (χ0v) is 9.51. The Kier molecular flexibility index (Phi) is 3.41. The van der Waals surface area contributed by atoms with E-state index in [1.165, 1.54) is 0 Å². The van der Waals surface area contributed by atoms with Crippen molar-refractivity contribution in [2.24, 2.45) is 0 Å². The molecule has 1 rings (SSSR count). The third-order valence-corrected chi connectivity index (χ3v) is 4.75. The molecule has 0 unspecified atom stereocenters. The molecule has 0 aromatic carbocycles. The summed E-state index contributed by atoms with van der Waals surface area (Å²) in [6.45, 7) is 0. The maximum absolute atomic E-state index is 11.1. The Labute approximate surface area is 88.5 Å². The van der Waals surface area contributed by atoms with Crippen molar-refractivity contribution < 1.29 is 25.9 Å². The molecule has 0 saturated heterocycles. The van der Waals surface area contributed by atoms with Crippen LogP contribution in [0, 0.1) is 0 Å². The Morgan fingerprint density at radius 2 is 1.40 bits per heavy atom. The second-order valence-electron chi connectivity index (χ2n) is 3.61. The highest BCUT2D eigenvalue weighted by atomic mass is 32.2. The molecule has 0 aromatic rings.